The van der Waals surface area contributed by atoms with E-state index in [1.165, 1.54) is 0 Å². The average molecular weight is 380 g/mol. The summed E-state index contributed by atoms with van der Waals surface area (Å²) in [5, 5.41) is 3.04. The van der Waals surface area contributed by atoms with Crippen molar-refractivity contribution < 1.29 is 14.3 Å². The fraction of sp³-hybridized carbons (Fsp3) is 0.381. The van der Waals surface area contributed by atoms with E-state index < -0.39 is 0 Å². The highest BCUT2D eigenvalue weighted by Crippen LogP contribution is 2.30. The average Bonchev–Trinajstić information content (AvgIpc) is 3.19. The van der Waals surface area contributed by atoms with Gasteiger partial charge in [0.05, 0.1) is 30.9 Å². The zero-order valence-electron chi connectivity index (χ0n) is 15.9. The van der Waals surface area contributed by atoms with Gasteiger partial charge in [-0.3, -0.25) is 9.59 Å². The molecule has 1 atom stereocenters. The molecule has 1 unspecified atom stereocenters. The first-order valence-corrected chi connectivity index (χ1v) is 9.52. The van der Waals surface area contributed by atoms with Gasteiger partial charge in [-0.25, -0.2) is 4.98 Å². The van der Waals surface area contributed by atoms with Gasteiger partial charge in [-0.15, -0.1) is 0 Å². The summed E-state index contributed by atoms with van der Waals surface area (Å²) in [6.45, 7) is 2.72. The molecule has 3 heterocycles. The Bertz CT molecular complexity index is 871. The first-order valence-electron chi connectivity index (χ1n) is 9.52. The first kappa shape index (κ1) is 18.4. The molecule has 2 aromatic rings. The van der Waals surface area contributed by atoms with Gasteiger partial charge in [0.25, 0.3) is 5.91 Å². The van der Waals surface area contributed by atoms with Crippen LogP contribution in [0.2, 0.25) is 0 Å². The number of carbonyl (C=O) groups is 2. The number of pyridine rings is 1. The van der Waals surface area contributed by atoms with E-state index in [-0.39, 0.29) is 18.4 Å². The third-order valence-electron chi connectivity index (χ3n) is 5.27. The summed E-state index contributed by atoms with van der Waals surface area (Å²) in [6.07, 6.45) is 2.53. The molecule has 2 amide bonds. The van der Waals surface area contributed by atoms with Crippen LogP contribution >= 0.6 is 0 Å². The number of hydrogen-bond donors (Lipinski definition) is 1. The molecular weight excluding hydrogens is 356 g/mol. The number of nitrogens with zero attached hydrogens (tertiary/aromatic N) is 3. The van der Waals surface area contributed by atoms with E-state index in [4.69, 9.17) is 4.74 Å². The number of amides is 2. The van der Waals surface area contributed by atoms with Crippen molar-refractivity contribution in [1.82, 2.24) is 9.88 Å². The van der Waals surface area contributed by atoms with Crippen LogP contribution in [0.1, 0.15) is 22.3 Å². The van der Waals surface area contributed by atoms with Crippen molar-refractivity contribution in [2.75, 3.05) is 43.6 Å². The summed E-state index contributed by atoms with van der Waals surface area (Å²) in [5.74, 6) is 0.916. The number of aromatic nitrogens is 1. The fourth-order valence-electron chi connectivity index (χ4n) is 3.81. The van der Waals surface area contributed by atoms with Crippen LogP contribution in [0.3, 0.4) is 0 Å². The second kappa shape index (κ2) is 7.98. The van der Waals surface area contributed by atoms with Gasteiger partial charge in [0, 0.05) is 32.3 Å². The smallest absolute Gasteiger partial charge is 0.255 e. The number of methoxy groups -OCH3 is 1. The maximum Gasteiger partial charge on any atom is 0.255 e. The number of anilines is 2. The fourth-order valence-corrected chi connectivity index (χ4v) is 3.81. The molecule has 0 radical (unpaired) electrons. The van der Waals surface area contributed by atoms with Crippen LogP contribution in [0.4, 0.5) is 11.5 Å². The Hall–Kier alpha value is -2.93. The van der Waals surface area contributed by atoms with Gasteiger partial charge in [-0.05, 0) is 18.1 Å². The highest BCUT2D eigenvalue weighted by molar-refractivity contribution is 6.04. The van der Waals surface area contributed by atoms with E-state index in [0.717, 1.165) is 18.5 Å². The van der Waals surface area contributed by atoms with Gasteiger partial charge < -0.3 is 19.9 Å². The molecule has 28 heavy (non-hydrogen) atoms. The van der Waals surface area contributed by atoms with Crippen LogP contribution in [0.15, 0.2) is 42.6 Å². The molecule has 1 aromatic heterocycles. The Morgan fingerprint density at radius 2 is 2.14 bits per heavy atom. The largest absolute Gasteiger partial charge is 0.384 e. The zero-order chi connectivity index (χ0) is 19.5. The van der Waals surface area contributed by atoms with Gasteiger partial charge in [0.15, 0.2) is 5.82 Å². The lowest BCUT2D eigenvalue weighted by atomic mass is 10.1. The van der Waals surface area contributed by atoms with Crippen molar-refractivity contribution in [1.29, 1.82) is 0 Å². The van der Waals surface area contributed by atoms with Crippen molar-refractivity contribution in [3.63, 3.8) is 0 Å². The second-order valence-electron chi connectivity index (χ2n) is 7.27. The first-order chi connectivity index (χ1) is 13.7. The topological polar surface area (TPSA) is 74.8 Å². The van der Waals surface area contributed by atoms with E-state index in [2.05, 4.69) is 10.3 Å². The Morgan fingerprint density at radius 1 is 1.32 bits per heavy atom. The number of likely N-dealkylation sites (tertiary alicyclic amines) is 1. The normalized spacial score (nSPS) is 18.8. The third-order valence-corrected chi connectivity index (χ3v) is 5.27. The Kier molecular flexibility index (Phi) is 5.25. The van der Waals surface area contributed by atoms with E-state index in [0.29, 0.717) is 42.7 Å². The molecule has 1 N–H and O–H groups in total. The Morgan fingerprint density at radius 3 is 2.93 bits per heavy atom. The van der Waals surface area contributed by atoms with Gasteiger partial charge in [0.2, 0.25) is 5.91 Å². The molecule has 0 bridgehead atoms. The van der Waals surface area contributed by atoms with Crippen LogP contribution in [0, 0.1) is 5.92 Å². The van der Waals surface area contributed by atoms with Crippen LogP contribution in [-0.2, 0) is 16.1 Å². The molecule has 2 aliphatic heterocycles. The van der Waals surface area contributed by atoms with Crippen LogP contribution in [-0.4, -0.2) is 55.0 Å². The van der Waals surface area contributed by atoms with Crippen LogP contribution < -0.4 is 10.2 Å². The molecule has 1 fully saturated rings. The van der Waals surface area contributed by atoms with Crippen molar-refractivity contribution in [3.05, 3.63) is 53.7 Å². The summed E-state index contributed by atoms with van der Waals surface area (Å²) in [4.78, 5) is 33.4. The van der Waals surface area contributed by atoms with Gasteiger partial charge in [-0.2, -0.15) is 0 Å². The number of carbonyl (C=O) groups excluding carboxylic acids is 2. The number of nitrogens with one attached hydrogen (secondary N) is 1. The van der Waals surface area contributed by atoms with Crippen molar-refractivity contribution in [3.8, 4) is 0 Å². The number of hydrogen-bond acceptors (Lipinski definition) is 5. The van der Waals surface area contributed by atoms with Crippen molar-refractivity contribution in [2.45, 2.75) is 13.0 Å². The summed E-state index contributed by atoms with van der Waals surface area (Å²) in [6, 6.07) is 11.6. The molecule has 1 aromatic carbocycles. The van der Waals surface area contributed by atoms with Crippen molar-refractivity contribution in [2.24, 2.45) is 5.92 Å². The lowest BCUT2D eigenvalue weighted by Gasteiger charge is -2.30. The van der Waals surface area contributed by atoms with Crippen molar-refractivity contribution >= 4 is 23.3 Å². The third kappa shape index (κ3) is 3.71. The van der Waals surface area contributed by atoms with E-state index >= 15 is 0 Å². The SMILES string of the molecule is COCC1CCN(C(=O)c2cnc3c(c2)N(Cc2ccccc2)C(=O)CN3)C1. The number of ether oxygens (including phenoxy) is 1. The summed E-state index contributed by atoms with van der Waals surface area (Å²) < 4.78 is 5.21. The summed E-state index contributed by atoms with van der Waals surface area (Å²) in [7, 11) is 1.68. The lowest BCUT2D eigenvalue weighted by Crippen LogP contribution is -2.40. The minimum Gasteiger partial charge on any atom is -0.384 e. The van der Waals surface area contributed by atoms with E-state index in [1.54, 1.807) is 24.3 Å². The summed E-state index contributed by atoms with van der Waals surface area (Å²) >= 11 is 0. The Balaban J connectivity index is 1.57. The monoisotopic (exact) mass is 380 g/mol. The Labute approximate surface area is 164 Å². The summed E-state index contributed by atoms with van der Waals surface area (Å²) in [5.41, 5.74) is 2.19. The minimum absolute atomic E-state index is 0.0379. The molecule has 0 spiro atoms. The van der Waals surface area contributed by atoms with Gasteiger partial charge in [-0.1, -0.05) is 30.3 Å². The molecule has 7 nitrogen and oxygen atoms in total. The minimum atomic E-state index is -0.0495. The van der Waals surface area contributed by atoms with Crippen LogP contribution in [0.5, 0.6) is 0 Å². The predicted octanol–water partition coefficient (Wildman–Crippen LogP) is 2.15. The van der Waals surface area contributed by atoms with Crippen LogP contribution in [0.25, 0.3) is 0 Å². The predicted molar refractivity (Wildman–Crippen MR) is 106 cm³/mol. The zero-order valence-corrected chi connectivity index (χ0v) is 15.9. The second-order valence-corrected chi connectivity index (χ2v) is 7.27. The van der Waals surface area contributed by atoms with E-state index in [1.807, 2.05) is 35.2 Å². The highest BCUT2D eigenvalue weighted by Gasteiger charge is 2.30. The van der Waals surface area contributed by atoms with E-state index in [9.17, 15) is 9.59 Å². The molecule has 7 heteroatoms. The molecule has 146 valence electrons. The number of fused-ring (bicyclic) bond motifs is 1. The molecular formula is C21H24N4O3. The molecule has 0 aliphatic carbocycles. The maximum absolute atomic E-state index is 13.0. The van der Waals surface area contributed by atoms with Gasteiger partial charge >= 0.3 is 0 Å². The quantitative estimate of drug-likeness (QED) is 0.860. The standard InChI is InChI=1S/C21H24N4O3/c1-28-14-16-7-8-24(12-16)21(27)17-9-18-20(22-10-17)23-11-19(26)25(18)13-15-5-3-2-4-6-15/h2-6,9-10,16H,7-8,11-14H2,1H3,(H,22,23). The van der Waals surface area contributed by atoms with Gasteiger partial charge in [0.1, 0.15) is 0 Å². The lowest BCUT2D eigenvalue weighted by molar-refractivity contribution is -0.117. The highest BCUT2D eigenvalue weighted by atomic mass is 16.5. The molecule has 0 saturated carbocycles. The molecule has 2 aliphatic rings. The molecule has 4 rings (SSSR count). The number of benzene rings is 1. The maximum atomic E-state index is 13.0. The number of rotatable bonds is 5. The molecule has 1 saturated heterocycles.